The minimum absolute atomic E-state index is 0.0148. The van der Waals surface area contributed by atoms with Crippen molar-refractivity contribution in [3.05, 3.63) is 24.3 Å². The topological polar surface area (TPSA) is 95.9 Å². The van der Waals surface area contributed by atoms with E-state index in [0.29, 0.717) is 25.9 Å². The van der Waals surface area contributed by atoms with Crippen LogP contribution >= 0.6 is 0 Å². The van der Waals surface area contributed by atoms with Crippen LogP contribution in [0.3, 0.4) is 0 Å². The lowest BCUT2D eigenvalue weighted by molar-refractivity contribution is -0.143. The molecule has 0 heterocycles. The molecule has 2 atom stereocenters. The highest BCUT2D eigenvalue weighted by molar-refractivity contribution is 5.76. The van der Waals surface area contributed by atoms with Gasteiger partial charge in [-0.05, 0) is 57.8 Å². The Hall–Kier alpha value is -1.66. The van der Waals surface area contributed by atoms with Crippen molar-refractivity contribution in [1.82, 2.24) is 5.32 Å². The Morgan fingerprint density at radius 3 is 0.894 bits per heavy atom. The zero-order valence-corrected chi connectivity index (χ0v) is 57.9. The Balaban J connectivity index is 3.38. The van der Waals surface area contributed by atoms with Crippen LogP contribution in [0.15, 0.2) is 24.3 Å². The van der Waals surface area contributed by atoms with Crippen LogP contribution in [0.4, 0.5) is 0 Å². The molecule has 1 amide bonds. The van der Waals surface area contributed by atoms with Crippen LogP contribution in [-0.4, -0.2) is 47.4 Å². The maximum Gasteiger partial charge on any atom is 0.305 e. The summed E-state index contributed by atoms with van der Waals surface area (Å²) in [5.74, 6) is -0.0126. The highest BCUT2D eigenvalue weighted by atomic mass is 16.5. The Morgan fingerprint density at radius 1 is 0.329 bits per heavy atom. The number of esters is 1. The fourth-order valence-electron chi connectivity index (χ4n) is 12.6. The van der Waals surface area contributed by atoms with E-state index in [1.54, 1.807) is 0 Å². The van der Waals surface area contributed by atoms with Crippen molar-refractivity contribution in [3.8, 4) is 0 Å². The predicted molar refractivity (Wildman–Crippen MR) is 375 cm³/mol. The van der Waals surface area contributed by atoms with Gasteiger partial charge in [0.1, 0.15) is 0 Å². The lowest BCUT2D eigenvalue weighted by atomic mass is 10.0. The van der Waals surface area contributed by atoms with E-state index >= 15 is 0 Å². The maximum absolute atomic E-state index is 12.6. The second-order valence-electron chi connectivity index (χ2n) is 27.0. The third-order valence-corrected chi connectivity index (χ3v) is 18.5. The molecular formula is C79H153NO5. The minimum Gasteiger partial charge on any atom is -0.466 e. The largest absolute Gasteiger partial charge is 0.466 e. The van der Waals surface area contributed by atoms with Gasteiger partial charge in [0.25, 0.3) is 0 Å². The summed E-state index contributed by atoms with van der Waals surface area (Å²) in [6, 6.07) is -0.541. The van der Waals surface area contributed by atoms with Gasteiger partial charge in [0, 0.05) is 12.8 Å². The molecular weight excluding hydrogens is 1040 g/mol. The number of nitrogens with one attached hydrogen (secondary N) is 1. The summed E-state index contributed by atoms with van der Waals surface area (Å²) in [6.45, 7) is 4.99. The third kappa shape index (κ3) is 71.3. The molecule has 0 spiro atoms. The van der Waals surface area contributed by atoms with Crippen LogP contribution in [0.5, 0.6) is 0 Å². The van der Waals surface area contributed by atoms with Gasteiger partial charge in [-0.25, -0.2) is 0 Å². The van der Waals surface area contributed by atoms with Gasteiger partial charge >= 0.3 is 5.97 Å². The summed E-state index contributed by atoms with van der Waals surface area (Å²) >= 11 is 0. The van der Waals surface area contributed by atoms with Gasteiger partial charge in [0.05, 0.1) is 25.4 Å². The summed E-state index contributed by atoms with van der Waals surface area (Å²) in [7, 11) is 0. The predicted octanol–water partition coefficient (Wildman–Crippen LogP) is 25.7. The number of hydrogen-bond donors (Lipinski definition) is 3. The first-order valence-electron chi connectivity index (χ1n) is 39.1. The van der Waals surface area contributed by atoms with Crippen LogP contribution in [0.1, 0.15) is 444 Å². The third-order valence-electron chi connectivity index (χ3n) is 18.5. The van der Waals surface area contributed by atoms with Crippen molar-refractivity contribution < 1.29 is 24.5 Å². The van der Waals surface area contributed by atoms with E-state index in [2.05, 4.69) is 43.5 Å². The Kier molecular flexibility index (Phi) is 73.3. The fraction of sp³-hybridized carbons (Fsp3) is 0.924. The molecule has 0 bridgehead atoms. The Labute approximate surface area is 532 Å². The van der Waals surface area contributed by atoms with E-state index in [1.165, 1.54) is 366 Å². The van der Waals surface area contributed by atoms with Gasteiger partial charge in [-0.2, -0.15) is 0 Å². The molecule has 0 radical (unpaired) electrons. The molecule has 85 heavy (non-hydrogen) atoms. The summed E-state index contributed by atoms with van der Waals surface area (Å²) in [5, 5.41) is 23.5. The first kappa shape index (κ1) is 83.3. The van der Waals surface area contributed by atoms with E-state index in [9.17, 15) is 19.8 Å². The van der Waals surface area contributed by atoms with Crippen LogP contribution in [0, 0.1) is 0 Å². The molecule has 0 aliphatic heterocycles. The normalized spacial score (nSPS) is 12.6. The standard InChI is InChI=1S/C79H153NO5/c1-3-5-7-9-11-13-15-16-17-18-19-20-21-33-36-39-42-45-48-52-55-59-63-67-71-77(82)76(75-81)80-78(83)72-68-64-60-56-53-49-46-43-40-37-34-31-29-27-25-23-22-24-26-28-30-32-35-38-41-44-47-50-54-58-62-66-70-74-85-79(84)73-69-65-61-57-51-14-12-10-8-6-4-2/h26,28,32,35,76-77,81-82H,3-25,27,29-31,33-34,36-75H2,1-2H3,(H,80,83)/b28-26-,35-32-. The molecule has 0 aliphatic rings. The monoisotopic (exact) mass is 1200 g/mol. The molecule has 504 valence electrons. The van der Waals surface area contributed by atoms with Gasteiger partial charge in [-0.3, -0.25) is 9.59 Å². The number of hydrogen-bond acceptors (Lipinski definition) is 5. The van der Waals surface area contributed by atoms with Gasteiger partial charge in [0.2, 0.25) is 5.91 Å². The zero-order chi connectivity index (χ0) is 61.3. The summed E-state index contributed by atoms with van der Waals surface area (Å²) in [5.41, 5.74) is 0. The van der Waals surface area contributed by atoms with Gasteiger partial charge in [-0.1, -0.05) is 398 Å². The van der Waals surface area contributed by atoms with Crippen molar-refractivity contribution in [1.29, 1.82) is 0 Å². The van der Waals surface area contributed by atoms with Crippen LogP contribution < -0.4 is 5.32 Å². The molecule has 6 heteroatoms. The van der Waals surface area contributed by atoms with Gasteiger partial charge in [0.15, 0.2) is 0 Å². The van der Waals surface area contributed by atoms with Crippen LogP contribution in [0.2, 0.25) is 0 Å². The fourth-order valence-corrected chi connectivity index (χ4v) is 12.6. The minimum atomic E-state index is -0.664. The van der Waals surface area contributed by atoms with E-state index in [1.807, 2.05) is 0 Å². The molecule has 0 aromatic rings. The first-order valence-corrected chi connectivity index (χ1v) is 39.1. The van der Waals surface area contributed by atoms with E-state index < -0.39 is 12.1 Å². The van der Waals surface area contributed by atoms with E-state index in [4.69, 9.17) is 4.74 Å². The Bertz CT molecular complexity index is 1330. The molecule has 0 saturated heterocycles. The van der Waals surface area contributed by atoms with Crippen molar-refractivity contribution in [2.75, 3.05) is 13.2 Å². The number of carbonyl (C=O) groups excluding carboxylic acids is 2. The molecule has 0 saturated carbocycles. The van der Waals surface area contributed by atoms with E-state index in [0.717, 1.165) is 44.9 Å². The maximum atomic E-state index is 12.6. The quantitative estimate of drug-likeness (QED) is 0.0320. The number of aliphatic hydroxyl groups excluding tert-OH is 2. The SMILES string of the molecule is CCCCCCCCCCCCCCCCCCCCCCCCCCC(O)C(CO)NC(=O)CCCCCCCCCCCCCCCCCCC/C=C\C/C=C\CCCCCCCCCCCOC(=O)CCCCCCCCCCCCC. The Morgan fingerprint density at radius 2 is 0.588 bits per heavy atom. The highest BCUT2D eigenvalue weighted by Crippen LogP contribution is 2.20. The average Bonchev–Trinajstić information content (AvgIpc) is 3.55. The number of allylic oxidation sites excluding steroid dienone is 4. The first-order chi connectivity index (χ1) is 42.0. The highest BCUT2D eigenvalue weighted by Gasteiger charge is 2.20. The van der Waals surface area contributed by atoms with Crippen molar-refractivity contribution in [2.45, 2.75) is 456 Å². The number of carbonyl (C=O) groups is 2. The molecule has 0 aliphatic carbocycles. The number of ether oxygens (including phenoxy) is 1. The zero-order valence-electron chi connectivity index (χ0n) is 57.9. The number of rotatable bonds is 74. The van der Waals surface area contributed by atoms with Crippen molar-refractivity contribution in [2.24, 2.45) is 0 Å². The van der Waals surface area contributed by atoms with Crippen LogP contribution in [0.25, 0.3) is 0 Å². The molecule has 2 unspecified atom stereocenters. The van der Waals surface area contributed by atoms with Gasteiger partial charge in [-0.15, -0.1) is 0 Å². The summed E-state index contributed by atoms with van der Waals surface area (Å²) < 4.78 is 5.47. The lowest BCUT2D eigenvalue weighted by Crippen LogP contribution is -2.45. The number of aliphatic hydroxyl groups is 2. The lowest BCUT2D eigenvalue weighted by Gasteiger charge is -2.22. The second kappa shape index (κ2) is 74.8. The number of amides is 1. The molecule has 3 N–H and O–H groups in total. The van der Waals surface area contributed by atoms with Gasteiger partial charge < -0.3 is 20.3 Å². The number of unbranched alkanes of at least 4 members (excludes halogenated alkanes) is 59. The van der Waals surface area contributed by atoms with Crippen LogP contribution in [-0.2, 0) is 14.3 Å². The molecule has 0 fully saturated rings. The summed E-state index contributed by atoms with van der Waals surface area (Å²) in [6.07, 6.45) is 95.5. The molecule has 0 rings (SSSR count). The second-order valence-corrected chi connectivity index (χ2v) is 27.0. The van der Waals surface area contributed by atoms with Crippen molar-refractivity contribution in [3.63, 3.8) is 0 Å². The smallest absolute Gasteiger partial charge is 0.305 e. The molecule has 0 aromatic carbocycles. The van der Waals surface area contributed by atoms with E-state index in [-0.39, 0.29) is 18.5 Å². The molecule has 6 nitrogen and oxygen atoms in total. The van der Waals surface area contributed by atoms with Crippen molar-refractivity contribution >= 4 is 11.9 Å². The molecule has 0 aromatic heterocycles. The average molecular weight is 1200 g/mol. The summed E-state index contributed by atoms with van der Waals surface area (Å²) in [4.78, 5) is 24.6.